The lowest BCUT2D eigenvalue weighted by atomic mass is 9.53. The average molecular weight is 392 g/mol. The molecule has 0 heterocycles. The Bertz CT molecular complexity index is 784. The molecular formula is C21H27BF2O4. The van der Waals surface area contributed by atoms with E-state index in [-0.39, 0.29) is 36.5 Å². The zero-order valence-corrected chi connectivity index (χ0v) is 16.1. The number of carbonyl (C=O) groups is 1. The van der Waals surface area contributed by atoms with Gasteiger partial charge in [-0.15, -0.1) is 0 Å². The van der Waals surface area contributed by atoms with Gasteiger partial charge in [-0.1, -0.05) is 25.1 Å². The third-order valence-corrected chi connectivity index (χ3v) is 7.89. The number of carboxylic acids is 1. The van der Waals surface area contributed by atoms with Crippen molar-refractivity contribution in [2.75, 3.05) is 0 Å². The number of fused-ring (bicyclic) bond motifs is 5. The van der Waals surface area contributed by atoms with E-state index in [2.05, 4.69) is 0 Å². The quantitative estimate of drug-likeness (QED) is 0.689. The first-order valence-corrected chi connectivity index (χ1v) is 10.2. The van der Waals surface area contributed by atoms with E-state index < -0.39 is 24.4 Å². The van der Waals surface area contributed by atoms with E-state index in [1.807, 2.05) is 12.1 Å². The molecule has 3 N–H and O–H groups in total. The number of aliphatic carboxylic acids is 1. The average Bonchev–Trinajstić information content (AvgIpc) is 2.84. The summed E-state index contributed by atoms with van der Waals surface area (Å²) in [7, 11) is -1.51. The van der Waals surface area contributed by atoms with Crippen molar-refractivity contribution in [1.29, 1.82) is 0 Å². The monoisotopic (exact) mass is 392 g/mol. The van der Waals surface area contributed by atoms with Crippen LogP contribution in [0.3, 0.4) is 0 Å². The second-order valence-electron chi connectivity index (χ2n) is 9.22. The van der Waals surface area contributed by atoms with Crippen molar-refractivity contribution in [3.8, 4) is 0 Å². The lowest BCUT2D eigenvalue weighted by Crippen LogP contribution is -2.47. The van der Waals surface area contributed by atoms with Crippen LogP contribution in [0.1, 0.15) is 62.5 Å². The maximum absolute atomic E-state index is 15.0. The van der Waals surface area contributed by atoms with Gasteiger partial charge in [0.05, 0.1) is 0 Å². The van der Waals surface area contributed by atoms with Crippen LogP contribution in [-0.4, -0.2) is 34.2 Å². The highest BCUT2D eigenvalue weighted by Gasteiger charge is 2.67. The molecule has 0 aromatic heterocycles. The van der Waals surface area contributed by atoms with Gasteiger partial charge >= 0.3 is 13.1 Å². The smallest absolute Gasteiger partial charge is 0.481 e. The van der Waals surface area contributed by atoms with Gasteiger partial charge in [0.15, 0.2) is 0 Å². The maximum atomic E-state index is 15.0. The van der Waals surface area contributed by atoms with Crippen LogP contribution in [-0.2, 0) is 11.2 Å². The van der Waals surface area contributed by atoms with Crippen LogP contribution in [0.5, 0.6) is 0 Å². The standard InChI is InChI=1S/C21H27BF2O4/c1-20-9-8-16-15-6-4-14(22(27)28)10-12(15)2-5-17(16)19(20)13(3-7-18(25)26)11-21(20,23)24/h4,6,10,13,16-17,19,27-28H,2-3,5,7-9,11H2,1H3,(H,25,26)/t13?,16-,17-,19+,20+/m1/s1. The van der Waals surface area contributed by atoms with Crippen LogP contribution >= 0.6 is 0 Å². The van der Waals surface area contributed by atoms with Gasteiger partial charge in [-0.25, -0.2) is 8.78 Å². The van der Waals surface area contributed by atoms with Crippen molar-refractivity contribution in [2.45, 2.75) is 63.7 Å². The zero-order chi connectivity index (χ0) is 20.3. The molecular weight excluding hydrogens is 365 g/mol. The second kappa shape index (κ2) is 6.80. The molecule has 4 rings (SSSR count). The Balaban J connectivity index is 1.67. The van der Waals surface area contributed by atoms with E-state index in [0.29, 0.717) is 24.7 Å². The molecule has 5 atom stereocenters. The summed E-state index contributed by atoms with van der Waals surface area (Å²) in [6.45, 7) is 1.72. The fourth-order valence-electron chi connectivity index (χ4n) is 6.59. The number of benzene rings is 1. The summed E-state index contributed by atoms with van der Waals surface area (Å²) < 4.78 is 30.1. The molecule has 0 radical (unpaired) electrons. The number of hydrogen-bond donors (Lipinski definition) is 3. The van der Waals surface area contributed by atoms with Gasteiger partial charge in [0, 0.05) is 18.3 Å². The van der Waals surface area contributed by atoms with Crippen molar-refractivity contribution in [2.24, 2.45) is 23.2 Å². The third kappa shape index (κ3) is 2.98. The molecule has 7 heteroatoms. The zero-order valence-electron chi connectivity index (χ0n) is 16.1. The Hall–Kier alpha value is -1.47. The Morgan fingerprint density at radius 2 is 2.04 bits per heavy atom. The van der Waals surface area contributed by atoms with Gasteiger partial charge in [0.1, 0.15) is 0 Å². The van der Waals surface area contributed by atoms with Crippen molar-refractivity contribution >= 4 is 18.6 Å². The predicted molar refractivity (Wildman–Crippen MR) is 102 cm³/mol. The van der Waals surface area contributed by atoms with Gasteiger partial charge in [0.25, 0.3) is 5.92 Å². The number of aryl methyl sites for hydroxylation is 1. The molecule has 0 bridgehead atoms. The van der Waals surface area contributed by atoms with E-state index in [0.717, 1.165) is 24.0 Å². The summed E-state index contributed by atoms with van der Waals surface area (Å²) >= 11 is 0. The van der Waals surface area contributed by atoms with Crippen LogP contribution in [0.2, 0.25) is 0 Å². The van der Waals surface area contributed by atoms with Crippen LogP contribution in [0.15, 0.2) is 18.2 Å². The summed E-state index contributed by atoms with van der Waals surface area (Å²) in [5.74, 6) is -3.79. The molecule has 152 valence electrons. The maximum Gasteiger partial charge on any atom is 0.488 e. The van der Waals surface area contributed by atoms with Crippen molar-refractivity contribution in [3.63, 3.8) is 0 Å². The Kier molecular flexibility index (Phi) is 4.82. The number of alkyl halides is 2. The number of rotatable bonds is 4. The SMILES string of the molecule is C[C@]12CC[C@@H]3c4ccc(B(O)O)cc4CC[C@H]3[C@@H]1C(CCC(=O)O)CC2(F)F. The molecule has 2 fully saturated rings. The number of hydrogen-bond acceptors (Lipinski definition) is 3. The van der Waals surface area contributed by atoms with Crippen LogP contribution in [0.4, 0.5) is 8.78 Å². The molecule has 0 saturated heterocycles. The first-order valence-electron chi connectivity index (χ1n) is 10.2. The van der Waals surface area contributed by atoms with E-state index in [4.69, 9.17) is 5.11 Å². The molecule has 28 heavy (non-hydrogen) atoms. The van der Waals surface area contributed by atoms with E-state index in [1.54, 1.807) is 13.0 Å². The lowest BCUT2D eigenvalue weighted by molar-refractivity contribution is -0.137. The van der Waals surface area contributed by atoms with Gasteiger partial charge in [0.2, 0.25) is 0 Å². The van der Waals surface area contributed by atoms with Gasteiger partial charge < -0.3 is 15.2 Å². The highest BCUT2D eigenvalue weighted by molar-refractivity contribution is 6.58. The van der Waals surface area contributed by atoms with Crippen LogP contribution in [0, 0.1) is 23.2 Å². The van der Waals surface area contributed by atoms with E-state index in [9.17, 15) is 14.8 Å². The van der Waals surface area contributed by atoms with Gasteiger partial charge in [-0.05, 0) is 72.4 Å². The molecule has 0 spiro atoms. The molecule has 1 unspecified atom stereocenters. The predicted octanol–water partition coefficient (Wildman–Crippen LogP) is 2.95. The molecule has 0 amide bonds. The number of carboxylic acid groups (broad SMARTS) is 1. The molecule has 3 aliphatic carbocycles. The fraction of sp³-hybridized carbons (Fsp3) is 0.667. The molecule has 2 saturated carbocycles. The van der Waals surface area contributed by atoms with Crippen molar-refractivity contribution in [1.82, 2.24) is 0 Å². The minimum atomic E-state index is -2.75. The van der Waals surface area contributed by atoms with Crippen LogP contribution < -0.4 is 5.46 Å². The first kappa shape index (κ1) is 19.8. The molecule has 1 aromatic carbocycles. The van der Waals surface area contributed by atoms with Gasteiger partial charge in [-0.2, -0.15) is 0 Å². The van der Waals surface area contributed by atoms with Gasteiger partial charge in [-0.3, -0.25) is 4.79 Å². The molecule has 1 aromatic rings. The summed E-state index contributed by atoms with van der Waals surface area (Å²) in [4.78, 5) is 11.1. The van der Waals surface area contributed by atoms with E-state index >= 15 is 8.78 Å². The molecule has 4 nitrogen and oxygen atoms in total. The number of halogens is 2. The van der Waals surface area contributed by atoms with E-state index in [1.165, 1.54) is 0 Å². The minimum absolute atomic E-state index is 0.0565. The van der Waals surface area contributed by atoms with Crippen LogP contribution in [0.25, 0.3) is 0 Å². The highest BCUT2D eigenvalue weighted by atomic mass is 19.3. The third-order valence-electron chi connectivity index (χ3n) is 7.89. The fourth-order valence-corrected chi connectivity index (χ4v) is 6.59. The summed E-state index contributed by atoms with van der Waals surface area (Å²) in [6.07, 6.45) is 2.73. The second-order valence-corrected chi connectivity index (χ2v) is 9.22. The molecule has 0 aliphatic heterocycles. The normalized spacial score (nSPS) is 35.6. The lowest BCUT2D eigenvalue weighted by Gasteiger charge is -2.51. The summed E-state index contributed by atoms with van der Waals surface area (Å²) in [6, 6.07) is 5.48. The minimum Gasteiger partial charge on any atom is -0.481 e. The molecule has 3 aliphatic rings. The van der Waals surface area contributed by atoms with Crippen molar-refractivity contribution in [3.05, 3.63) is 29.3 Å². The summed E-state index contributed by atoms with van der Waals surface area (Å²) in [5, 5.41) is 27.9. The summed E-state index contributed by atoms with van der Waals surface area (Å²) in [5.41, 5.74) is 1.64. The highest BCUT2D eigenvalue weighted by Crippen LogP contribution is 2.68. The van der Waals surface area contributed by atoms with Crippen molar-refractivity contribution < 1.29 is 28.7 Å². The largest absolute Gasteiger partial charge is 0.488 e. The Labute approximate surface area is 164 Å². The topological polar surface area (TPSA) is 77.8 Å². The Morgan fingerprint density at radius 1 is 1.29 bits per heavy atom. The Morgan fingerprint density at radius 3 is 2.71 bits per heavy atom. The first-order chi connectivity index (χ1) is 13.1.